The number of carbonyl (C=O) groups is 1. The molecular formula is C18H22N2O5S. The summed E-state index contributed by atoms with van der Waals surface area (Å²) in [6.07, 6.45) is 0. The van der Waals surface area contributed by atoms with Gasteiger partial charge in [0.25, 0.3) is 5.91 Å². The van der Waals surface area contributed by atoms with E-state index in [2.05, 4.69) is 10.0 Å². The molecule has 0 bridgehead atoms. The van der Waals surface area contributed by atoms with Gasteiger partial charge < -0.3 is 14.8 Å². The average molecular weight is 378 g/mol. The summed E-state index contributed by atoms with van der Waals surface area (Å²) in [7, 11) is -2.28. The van der Waals surface area contributed by atoms with Crippen LogP contribution < -0.4 is 19.5 Å². The first-order valence-electron chi connectivity index (χ1n) is 8.13. The molecule has 26 heavy (non-hydrogen) atoms. The van der Waals surface area contributed by atoms with Crippen molar-refractivity contribution in [2.75, 3.05) is 25.6 Å². The third-order valence-electron chi connectivity index (χ3n) is 3.48. The summed E-state index contributed by atoms with van der Waals surface area (Å²) < 4.78 is 37.8. The molecule has 0 atom stereocenters. The molecule has 0 fully saturated rings. The van der Waals surface area contributed by atoms with Crippen molar-refractivity contribution >= 4 is 21.6 Å². The number of carbonyl (C=O) groups excluding carboxylic acids is 1. The quantitative estimate of drug-likeness (QED) is 0.736. The minimum Gasteiger partial charge on any atom is -0.495 e. The fourth-order valence-electron chi connectivity index (χ4n) is 2.34. The largest absolute Gasteiger partial charge is 0.495 e. The molecule has 2 rings (SSSR count). The lowest BCUT2D eigenvalue weighted by molar-refractivity contribution is 0.102. The molecule has 0 saturated carbocycles. The van der Waals surface area contributed by atoms with Gasteiger partial charge in [-0.25, -0.2) is 13.1 Å². The Morgan fingerprint density at radius 2 is 1.81 bits per heavy atom. The van der Waals surface area contributed by atoms with Crippen LogP contribution in [-0.4, -0.2) is 34.6 Å². The zero-order chi connectivity index (χ0) is 19.2. The van der Waals surface area contributed by atoms with Crippen molar-refractivity contribution in [1.82, 2.24) is 4.72 Å². The number of ether oxygens (including phenoxy) is 2. The first kappa shape index (κ1) is 19.7. The van der Waals surface area contributed by atoms with Crippen LogP contribution in [0.15, 0.2) is 47.4 Å². The van der Waals surface area contributed by atoms with E-state index in [0.717, 1.165) is 0 Å². The molecule has 2 aromatic rings. The maximum absolute atomic E-state index is 12.6. The van der Waals surface area contributed by atoms with Crippen molar-refractivity contribution in [2.45, 2.75) is 18.7 Å². The second-order valence-electron chi connectivity index (χ2n) is 5.25. The van der Waals surface area contributed by atoms with Gasteiger partial charge >= 0.3 is 0 Å². The molecule has 0 heterocycles. The second kappa shape index (κ2) is 8.68. The van der Waals surface area contributed by atoms with E-state index in [1.807, 2.05) is 0 Å². The van der Waals surface area contributed by atoms with Crippen LogP contribution in [0.2, 0.25) is 0 Å². The van der Waals surface area contributed by atoms with Crippen molar-refractivity contribution in [3.63, 3.8) is 0 Å². The van der Waals surface area contributed by atoms with Crippen LogP contribution in [-0.2, 0) is 10.0 Å². The van der Waals surface area contributed by atoms with Crippen LogP contribution >= 0.6 is 0 Å². The lowest BCUT2D eigenvalue weighted by Gasteiger charge is -2.14. The first-order chi connectivity index (χ1) is 12.4. The number of sulfonamides is 1. The zero-order valence-corrected chi connectivity index (χ0v) is 15.7. The summed E-state index contributed by atoms with van der Waals surface area (Å²) in [5.74, 6) is 0.250. The molecule has 1 amide bonds. The number of anilines is 1. The number of amides is 1. The number of hydrogen-bond acceptors (Lipinski definition) is 5. The second-order valence-corrected chi connectivity index (χ2v) is 6.99. The number of benzene rings is 2. The van der Waals surface area contributed by atoms with Gasteiger partial charge in [-0.15, -0.1) is 0 Å². The Morgan fingerprint density at radius 1 is 1.08 bits per heavy atom. The number of methoxy groups -OCH3 is 1. The molecule has 0 unspecified atom stereocenters. The van der Waals surface area contributed by atoms with E-state index in [9.17, 15) is 13.2 Å². The summed E-state index contributed by atoms with van der Waals surface area (Å²) in [6, 6.07) is 11.2. The van der Waals surface area contributed by atoms with Gasteiger partial charge in [-0.2, -0.15) is 0 Å². The van der Waals surface area contributed by atoms with E-state index in [-0.39, 0.29) is 22.8 Å². The molecule has 0 saturated heterocycles. The third kappa shape index (κ3) is 4.53. The van der Waals surface area contributed by atoms with Gasteiger partial charge in [0.15, 0.2) is 0 Å². The van der Waals surface area contributed by atoms with Crippen molar-refractivity contribution in [2.24, 2.45) is 0 Å². The van der Waals surface area contributed by atoms with Gasteiger partial charge in [-0.3, -0.25) is 4.79 Å². The number of nitrogens with one attached hydrogen (secondary N) is 2. The normalized spacial score (nSPS) is 11.0. The highest BCUT2D eigenvalue weighted by Crippen LogP contribution is 2.27. The van der Waals surface area contributed by atoms with E-state index >= 15 is 0 Å². The Balaban J connectivity index is 2.39. The van der Waals surface area contributed by atoms with E-state index in [1.165, 1.54) is 25.3 Å². The molecular weight excluding hydrogens is 356 g/mol. The number of hydrogen-bond donors (Lipinski definition) is 2. The number of rotatable bonds is 8. The van der Waals surface area contributed by atoms with Crippen LogP contribution in [0.5, 0.6) is 11.5 Å². The van der Waals surface area contributed by atoms with E-state index < -0.39 is 15.9 Å². The van der Waals surface area contributed by atoms with Gasteiger partial charge in [0, 0.05) is 12.1 Å². The average Bonchev–Trinajstić information content (AvgIpc) is 2.62. The van der Waals surface area contributed by atoms with Crippen LogP contribution in [0.1, 0.15) is 24.2 Å². The van der Waals surface area contributed by atoms with Gasteiger partial charge in [-0.05, 0) is 37.3 Å². The summed E-state index contributed by atoms with van der Waals surface area (Å²) in [5, 5.41) is 2.72. The molecule has 140 valence electrons. The number of para-hydroxylation sites is 2. The Bertz CT molecular complexity index is 881. The topological polar surface area (TPSA) is 93.7 Å². The van der Waals surface area contributed by atoms with E-state index in [4.69, 9.17) is 9.47 Å². The molecule has 0 aromatic heterocycles. The fourth-order valence-corrected chi connectivity index (χ4v) is 3.55. The van der Waals surface area contributed by atoms with Crippen LogP contribution in [0.3, 0.4) is 0 Å². The van der Waals surface area contributed by atoms with Crippen LogP contribution in [0.25, 0.3) is 0 Å². The maximum atomic E-state index is 12.6. The summed E-state index contributed by atoms with van der Waals surface area (Å²) >= 11 is 0. The van der Waals surface area contributed by atoms with Crippen molar-refractivity contribution in [3.05, 3.63) is 48.0 Å². The monoisotopic (exact) mass is 378 g/mol. The molecule has 0 spiro atoms. The molecule has 0 aliphatic heterocycles. The van der Waals surface area contributed by atoms with E-state index in [1.54, 1.807) is 38.1 Å². The Hall–Kier alpha value is -2.58. The van der Waals surface area contributed by atoms with Crippen molar-refractivity contribution < 1.29 is 22.7 Å². The summed E-state index contributed by atoms with van der Waals surface area (Å²) in [4.78, 5) is 12.5. The lowest BCUT2D eigenvalue weighted by atomic mass is 10.2. The van der Waals surface area contributed by atoms with Gasteiger partial charge in [-0.1, -0.05) is 19.1 Å². The van der Waals surface area contributed by atoms with E-state index in [0.29, 0.717) is 18.0 Å². The Kier molecular flexibility index (Phi) is 6.59. The standard InChI is InChI=1S/C18H22N2O5S/c1-4-19-26(22,23)17-12-13(10-11-16(17)25-5-2)18(21)20-14-8-6-7-9-15(14)24-3/h6-12,19H,4-5H2,1-3H3,(H,20,21). The Morgan fingerprint density at radius 3 is 2.46 bits per heavy atom. The molecule has 0 aliphatic rings. The van der Waals surface area contributed by atoms with Crippen LogP contribution in [0.4, 0.5) is 5.69 Å². The Labute approximate surface area is 153 Å². The van der Waals surface area contributed by atoms with Gasteiger partial charge in [0.2, 0.25) is 10.0 Å². The van der Waals surface area contributed by atoms with Crippen molar-refractivity contribution in [3.8, 4) is 11.5 Å². The van der Waals surface area contributed by atoms with Gasteiger partial charge in [0.05, 0.1) is 19.4 Å². The SMILES string of the molecule is CCNS(=O)(=O)c1cc(C(=O)Nc2ccccc2OC)ccc1OCC. The molecule has 0 radical (unpaired) electrons. The molecule has 2 aromatic carbocycles. The molecule has 8 heteroatoms. The maximum Gasteiger partial charge on any atom is 0.255 e. The minimum atomic E-state index is -3.78. The molecule has 2 N–H and O–H groups in total. The lowest BCUT2D eigenvalue weighted by Crippen LogP contribution is -2.24. The zero-order valence-electron chi connectivity index (χ0n) is 14.9. The molecule has 7 nitrogen and oxygen atoms in total. The van der Waals surface area contributed by atoms with Crippen LogP contribution in [0, 0.1) is 0 Å². The smallest absolute Gasteiger partial charge is 0.255 e. The molecule has 0 aliphatic carbocycles. The summed E-state index contributed by atoms with van der Waals surface area (Å²) in [6.45, 7) is 3.97. The first-order valence-corrected chi connectivity index (χ1v) is 9.62. The van der Waals surface area contributed by atoms with Crippen molar-refractivity contribution in [1.29, 1.82) is 0 Å². The fraction of sp³-hybridized carbons (Fsp3) is 0.278. The predicted molar refractivity (Wildman–Crippen MR) is 99.4 cm³/mol. The third-order valence-corrected chi connectivity index (χ3v) is 5.05. The highest BCUT2D eigenvalue weighted by molar-refractivity contribution is 7.89. The van der Waals surface area contributed by atoms with Gasteiger partial charge in [0.1, 0.15) is 16.4 Å². The highest BCUT2D eigenvalue weighted by atomic mass is 32.2. The highest BCUT2D eigenvalue weighted by Gasteiger charge is 2.21. The summed E-state index contributed by atoms with van der Waals surface area (Å²) in [5.41, 5.74) is 0.681. The minimum absolute atomic E-state index is 0.0751. The predicted octanol–water partition coefficient (Wildman–Crippen LogP) is 2.64.